The Labute approximate surface area is 142 Å². The summed E-state index contributed by atoms with van der Waals surface area (Å²) in [5.41, 5.74) is 2.00. The summed E-state index contributed by atoms with van der Waals surface area (Å²) in [7, 11) is 1.65. The Bertz CT molecular complexity index is 655. The van der Waals surface area contributed by atoms with Crippen LogP contribution in [0.5, 0.6) is 0 Å². The van der Waals surface area contributed by atoms with E-state index in [0.29, 0.717) is 0 Å². The zero-order valence-corrected chi connectivity index (χ0v) is 14.1. The lowest BCUT2D eigenvalue weighted by Crippen LogP contribution is -2.34. The van der Waals surface area contributed by atoms with E-state index in [9.17, 15) is 9.59 Å². The molecule has 0 radical (unpaired) electrons. The molecule has 128 valence electrons. The minimum absolute atomic E-state index is 0.0172. The van der Waals surface area contributed by atoms with Crippen molar-refractivity contribution in [1.82, 2.24) is 4.90 Å². The molecule has 3 rings (SSSR count). The van der Waals surface area contributed by atoms with E-state index in [1.165, 1.54) is 6.92 Å². The van der Waals surface area contributed by atoms with Gasteiger partial charge in [0.15, 0.2) is 0 Å². The number of fused-ring (bicyclic) bond motifs is 1. The van der Waals surface area contributed by atoms with Gasteiger partial charge < -0.3 is 14.4 Å². The van der Waals surface area contributed by atoms with Crippen LogP contribution in [0.25, 0.3) is 6.08 Å². The fraction of sp³-hybridized carbons (Fsp3) is 0.474. The summed E-state index contributed by atoms with van der Waals surface area (Å²) in [4.78, 5) is 26.0. The molecule has 3 atom stereocenters. The lowest BCUT2D eigenvalue weighted by Gasteiger charge is -2.32. The molecule has 2 aliphatic rings. The van der Waals surface area contributed by atoms with E-state index in [1.54, 1.807) is 18.2 Å². The maximum Gasteiger partial charge on any atom is 0.308 e. The number of ether oxygens (including phenoxy) is 2. The average Bonchev–Trinajstić information content (AvgIpc) is 3.01. The zero-order chi connectivity index (χ0) is 17.1. The second-order valence-electron chi connectivity index (χ2n) is 6.32. The molecule has 5 heteroatoms. The van der Waals surface area contributed by atoms with E-state index in [1.807, 2.05) is 30.3 Å². The van der Waals surface area contributed by atoms with Crippen molar-refractivity contribution in [2.75, 3.05) is 7.11 Å². The monoisotopic (exact) mass is 329 g/mol. The summed E-state index contributed by atoms with van der Waals surface area (Å²) in [5.74, 6) is -0.375. The molecule has 24 heavy (non-hydrogen) atoms. The number of esters is 1. The third kappa shape index (κ3) is 3.36. The standard InChI is InChI=1S/C19H23NO4/c1-13(21)20-11-10-14-6-3-4-7-15(14)16(20)12-19(22)24-18-9-5-8-17(18)23-2/h3-4,6-7,10-11,16-18H,5,8-9,12H2,1-2H3/t16-,17-,18-/m1/s1. The molecule has 0 aromatic heterocycles. The molecule has 1 amide bonds. The van der Waals surface area contributed by atoms with E-state index in [4.69, 9.17) is 9.47 Å². The van der Waals surface area contributed by atoms with Crippen LogP contribution < -0.4 is 0 Å². The van der Waals surface area contributed by atoms with Gasteiger partial charge in [-0.05, 0) is 36.5 Å². The fourth-order valence-electron chi connectivity index (χ4n) is 3.58. The number of nitrogens with zero attached hydrogens (tertiary/aromatic N) is 1. The van der Waals surface area contributed by atoms with Crippen molar-refractivity contribution < 1.29 is 19.1 Å². The highest BCUT2D eigenvalue weighted by Crippen LogP contribution is 2.34. The SMILES string of the molecule is CO[C@@H]1CCC[C@H]1OC(=O)C[C@@H]1c2ccccc2C=CN1C(C)=O. The van der Waals surface area contributed by atoms with Gasteiger partial charge in [-0.1, -0.05) is 24.3 Å². The molecule has 1 aromatic carbocycles. The number of carbonyl (C=O) groups is 2. The van der Waals surface area contributed by atoms with Gasteiger partial charge in [-0.3, -0.25) is 9.59 Å². The summed E-state index contributed by atoms with van der Waals surface area (Å²) in [6.07, 6.45) is 6.36. The van der Waals surface area contributed by atoms with Crippen LogP contribution in [-0.4, -0.2) is 36.1 Å². The van der Waals surface area contributed by atoms with E-state index in [0.717, 1.165) is 30.4 Å². The van der Waals surface area contributed by atoms with Crippen molar-refractivity contribution in [2.24, 2.45) is 0 Å². The van der Waals surface area contributed by atoms with Gasteiger partial charge in [0.1, 0.15) is 6.10 Å². The Balaban J connectivity index is 1.75. The van der Waals surface area contributed by atoms with Gasteiger partial charge in [-0.2, -0.15) is 0 Å². The van der Waals surface area contributed by atoms with Gasteiger partial charge >= 0.3 is 5.97 Å². The van der Waals surface area contributed by atoms with Gasteiger partial charge in [0, 0.05) is 20.2 Å². The van der Waals surface area contributed by atoms with Gasteiger partial charge in [0.25, 0.3) is 0 Å². The summed E-state index contributed by atoms with van der Waals surface area (Å²) in [6.45, 7) is 1.51. The Kier molecular flexibility index (Phi) is 5.00. The molecule has 0 bridgehead atoms. The number of hydrogen-bond donors (Lipinski definition) is 0. The lowest BCUT2D eigenvalue weighted by atomic mass is 9.94. The molecule has 0 spiro atoms. The van der Waals surface area contributed by atoms with Crippen molar-refractivity contribution in [3.8, 4) is 0 Å². The predicted octanol–water partition coefficient (Wildman–Crippen LogP) is 3.06. The van der Waals surface area contributed by atoms with Gasteiger partial charge in [0.05, 0.1) is 18.6 Å². The Morgan fingerprint density at radius 1 is 1.21 bits per heavy atom. The van der Waals surface area contributed by atoms with Crippen LogP contribution >= 0.6 is 0 Å². The van der Waals surface area contributed by atoms with Crippen LogP contribution in [0.15, 0.2) is 30.5 Å². The Morgan fingerprint density at radius 3 is 2.71 bits per heavy atom. The number of rotatable bonds is 4. The molecule has 1 saturated carbocycles. The summed E-state index contributed by atoms with van der Waals surface area (Å²) >= 11 is 0. The molecule has 1 heterocycles. The van der Waals surface area contributed by atoms with Crippen LogP contribution in [0.2, 0.25) is 0 Å². The molecule has 1 aliphatic carbocycles. The molecule has 0 N–H and O–H groups in total. The summed E-state index contributed by atoms with van der Waals surface area (Å²) in [5, 5.41) is 0. The Hall–Kier alpha value is -2.14. The number of amides is 1. The molecule has 1 fully saturated rings. The number of carbonyl (C=O) groups excluding carboxylic acids is 2. The molecule has 1 aromatic rings. The molecule has 0 saturated heterocycles. The highest BCUT2D eigenvalue weighted by Gasteiger charge is 2.33. The normalized spacial score (nSPS) is 25.4. The van der Waals surface area contributed by atoms with Crippen molar-refractivity contribution in [2.45, 2.75) is 50.9 Å². The van der Waals surface area contributed by atoms with Gasteiger partial charge in [-0.25, -0.2) is 0 Å². The first kappa shape index (κ1) is 16.7. The largest absolute Gasteiger partial charge is 0.460 e. The minimum atomic E-state index is -0.321. The highest BCUT2D eigenvalue weighted by atomic mass is 16.6. The van der Waals surface area contributed by atoms with Crippen LogP contribution in [-0.2, 0) is 19.1 Å². The van der Waals surface area contributed by atoms with Crippen molar-refractivity contribution in [3.05, 3.63) is 41.6 Å². The molecule has 5 nitrogen and oxygen atoms in total. The quantitative estimate of drug-likeness (QED) is 0.797. The first-order valence-corrected chi connectivity index (χ1v) is 8.38. The van der Waals surface area contributed by atoms with E-state index in [2.05, 4.69) is 0 Å². The fourth-order valence-corrected chi connectivity index (χ4v) is 3.58. The summed E-state index contributed by atoms with van der Waals surface area (Å²) < 4.78 is 11.0. The minimum Gasteiger partial charge on any atom is -0.460 e. The van der Waals surface area contributed by atoms with E-state index < -0.39 is 0 Å². The predicted molar refractivity (Wildman–Crippen MR) is 89.9 cm³/mol. The maximum absolute atomic E-state index is 12.5. The van der Waals surface area contributed by atoms with Crippen molar-refractivity contribution >= 4 is 18.0 Å². The Morgan fingerprint density at radius 2 is 1.96 bits per heavy atom. The molecule has 1 aliphatic heterocycles. The topological polar surface area (TPSA) is 55.8 Å². The second kappa shape index (κ2) is 7.18. The number of hydrogen-bond acceptors (Lipinski definition) is 4. The smallest absolute Gasteiger partial charge is 0.308 e. The summed E-state index contributed by atoms with van der Waals surface area (Å²) in [6, 6.07) is 7.49. The highest BCUT2D eigenvalue weighted by molar-refractivity contribution is 5.80. The first-order chi connectivity index (χ1) is 11.6. The molecular weight excluding hydrogens is 306 g/mol. The third-order valence-electron chi connectivity index (χ3n) is 4.81. The van der Waals surface area contributed by atoms with Gasteiger partial charge in [0.2, 0.25) is 5.91 Å². The molecule has 0 unspecified atom stereocenters. The second-order valence-corrected chi connectivity index (χ2v) is 6.32. The number of methoxy groups -OCH3 is 1. The maximum atomic E-state index is 12.5. The van der Waals surface area contributed by atoms with Crippen LogP contribution in [0.4, 0.5) is 0 Å². The van der Waals surface area contributed by atoms with Crippen LogP contribution in [0.3, 0.4) is 0 Å². The lowest BCUT2D eigenvalue weighted by molar-refractivity contribution is -0.156. The molecular formula is C19H23NO4. The number of benzene rings is 1. The van der Waals surface area contributed by atoms with E-state index >= 15 is 0 Å². The first-order valence-electron chi connectivity index (χ1n) is 8.38. The average molecular weight is 329 g/mol. The van der Waals surface area contributed by atoms with Crippen molar-refractivity contribution in [3.63, 3.8) is 0 Å². The third-order valence-corrected chi connectivity index (χ3v) is 4.81. The zero-order valence-electron chi connectivity index (χ0n) is 14.1. The van der Waals surface area contributed by atoms with E-state index in [-0.39, 0.29) is 36.5 Å². The van der Waals surface area contributed by atoms with Gasteiger partial charge in [-0.15, -0.1) is 0 Å². The van der Waals surface area contributed by atoms with Crippen LogP contribution in [0, 0.1) is 0 Å². The van der Waals surface area contributed by atoms with Crippen molar-refractivity contribution in [1.29, 1.82) is 0 Å². The van der Waals surface area contributed by atoms with Crippen LogP contribution in [0.1, 0.15) is 49.8 Å².